The molecule has 0 saturated heterocycles. The highest BCUT2D eigenvalue weighted by atomic mass is 16.5. The number of methoxy groups -OCH3 is 1. The number of para-hydroxylation sites is 1. The molecule has 0 bridgehead atoms. The van der Waals surface area contributed by atoms with Crippen molar-refractivity contribution in [3.05, 3.63) is 81.8 Å². The van der Waals surface area contributed by atoms with E-state index in [1.165, 1.54) is 6.07 Å². The maximum Gasteiger partial charge on any atom is 0.276 e. The van der Waals surface area contributed by atoms with E-state index in [-0.39, 0.29) is 12.2 Å². The van der Waals surface area contributed by atoms with Crippen molar-refractivity contribution >= 4 is 5.91 Å². The summed E-state index contributed by atoms with van der Waals surface area (Å²) in [6.45, 7) is 4.42. The first kappa shape index (κ1) is 20.1. The predicted molar refractivity (Wildman–Crippen MR) is 110 cm³/mol. The van der Waals surface area contributed by atoms with Gasteiger partial charge in [-0.2, -0.15) is 5.10 Å². The molecule has 0 aliphatic heterocycles. The fourth-order valence-electron chi connectivity index (χ4n) is 2.90. The summed E-state index contributed by atoms with van der Waals surface area (Å²) in [5.41, 5.74) is 1.66. The molecule has 1 amide bonds. The number of amides is 1. The molecule has 2 aromatic carbocycles. The van der Waals surface area contributed by atoms with Crippen LogP contribution < -0.4 is 20.2 Å². The number of aryl methyl sites for hydroxylation is 1. The maximum absolute atomic E-state index is 12.6. The van der Waals surface area contributed by atoms with Crippen LogP contribution in [-0.4, -0.2) is 29.4 Å². The lowest BCUT2D eigenvalue weighted by atomic mass is 10.2. The van der Waals surface area contributed by atoms with E-state index < -0.39 is 11.3 Å². The van der Waals surface area contributed by atoms with Crippen LogP contribution in [0.4, 0.5) is 0 Å². The van der Waals surface area contributed by atoms with Crippen molar-refractivity contribution in [2.75, 3.05) is 13.7 Å². The van der Waals surface area contributed by atoms with Crippen LogP contribution in [0.1, 0.15) is 28.7 Å². The molecule has 29 heavy (non-hydrogen) atoms. The van der Waals surface area contributed by atoms with Crippen LogP contribution in [0, 0.1) is 6.92 Å². The molecular formula is C22H23N3O4. The van der Waals surface area contributed by atoms with Crippen LogP contribution >= 0.6 is 0 Å². The number of hydrogen-bond donors (Lipinski definition) is 1. The number of benzene rings is 2. The zero-order chi connectivity index (χ0) is 20.8. The zero-order valence-corrected chi connectivity index (χ0v) is 16.6. The summed E-state index contributed by atoms with van der Waals surface area (Å²) in [6.07, 6.45) is 0. The minimum atomic E-state index is -0.535. The minimum absolute atomic E-state index is 0.155. The molecular weight excluding hydrogens is 370 g/mol. The molecule has 0 atom stereocenters. The summed E-state index contributed by atoms with van der Waals surface area (Å²) < 4.78 is 12.4. The monoisotopic (exact) mass is 393 g/mol. The van der Waals surface area contributed by atoms with Gasteiger partial charge in [0.25, 0.3) is 5.91 Å². The number of ether oxygens (including phenoxy) is 2. The predicted octanol–water partition coefficient (Wildman–Crippen LogP) is 2.88. The zero-order valence-electron chi connectivity index (χ0n) is 16.6. The first-order valence-electron chi connectivity index (χ1n) is 9.27. The fourth-order valence-corrected chi connectivity index (χ4v) is 2.90. The quantitative estimate of drug-likeness (QED) is 0.667. The van der Waals surface area contributed by atoms with Crippen LogP contribution in [0.25, 0.3) is 5.69 Å². The highest BCUT2D eigenvalue weighted by Crippen LogP contribution is 2.27. The van der Waals surface area contributed by atoms with Gasteiger partial charge in [0.1, 0.15) is 0 Å². The summed E-state index contributed by atoms with van der Waals surface area (Å²) >= 11 is 0. The largest absolute Gasteiger partial charge is 0.493 e. The topological polar surface area (TPSA) is 82.5 Å². The Balaban J connectivity index is 1.80. The summed E-state index contributed by atoms with van der Waals surface area (Å²) in [5.74, 6) is 0.682. The van der Waals surface area contributed by atoms with Crippen LogP contribution in [0.15, 0.2) is 59.4 Å². The van der Waals surface area contributed by atoms with E-state index in [9.17, 15) is 9.59 Å². The van der Waals surface area contributed by atoms with Crippen LogP contribution in [0.3, 0.4) is 0 Å². The molecule has 3 rings (SSSR count). The molecule has 0 aliphatic rings. The molecule has 3 aromatic rings. The number of aromatic nitrogens is 2. The van der Waals surface area contributed by atoms with Gasteiger partial charge in [0, 0.05) is 18.3 Å². The third kappa shape index (κ3) is 4.63. The van der Waals surface area contributed by atoms with Gasteiger partial charge >= 0.3 is 0 Å². The fraction of sp³-hybridized carbons (Fsp3) is 0.227. The van der Waals surface area contributed by atoms with Gasteiger partial charge in [0.2, 0.25) is 5.43 Å². The lowest BCUT2D eigenvalue weighted by Gasteiger charge is -2.12. The number of nitrogens with one attached hydrogen (secondary N) is 1. The average molecular weight is 393 g/mol. The van der Waals surface area contributed by atoms with Crippen molar-refractivity contribution in [1.82, 2.24) is 15.1 Å². The Hall–Kier alpha value is -3.61. The molecule has 0 radical (unpaired) electrons. The van der Waals surface area contributed by atoms with Crippen molar-refractivity contribution in [2.45, 2.75) is 20.4 Å². The van der Waals surface area contributed by atoms with Gasteiger partial charge in [-0.05, 0) is 43.7 Å². The average Bonchev–Trinajstić information content (AvgIpc) is 2.73. The Labute approximate surface area is 168 Å². The van der Waals surface area contributed by atoms with Gasteiger partial charge in [0.05, 0.1) is 19.4 Å². The summed E-state index contributed by atoms with van der Waals surface area (Å²) in [6, 6.07) is 16.2. The van der Waals surface area contributed by atoms with Crippen molar-refractivity contribution in [2.24, 2.45) is 0 Å². The van der Waals surface area contributed by atoms with Crippen molar-refractivity contribution in [3.8, 4) is 17.2 Å². The van der Waals surface area contributed by atoms with E-state index >= 15 is 0 Å². The molecule has 1 heterocycles. The Bertz CT molecular complexity index is 1060. The second kappa shape index (κ2) is 9.05. The SMILES string of the molecule is CCOc1ccc(CNC(=O)c2nn(-c3ccccc3)c(C)cc2=O)cc1OC. The number of rotatable bonds is 7. The molecule has 0 spiro atoms. The first-order valence-corrected chi connectivity index (χ1v) is 9.27. The van der Waals surface area contributed by atoms with Gasteiger partial charge in [0.15, 0.2) is 17.2 Å². The lowest BCUT2D eigenvalue weighted by molar-refractivity contribution is 0.0943. The van der Waals surface area contributed by atoms with Gasteiger partial charge in [-0.3, -0.25) is 9.59 Å². The summed E-state index contributed by atoms with van der Waals surface area (Å²) in [5, 5.41) is 7.02. The van der Waals surface area contributed by atoms with Gasteiger partial charge < -0.3 is 14.8 Å². The van der Waals surface area contributed by atoms with Crippen molar-refractivity contribution in [1.29, 1.82) is 0 Å². The molecule has 0 saturated carbocycles. The Morgan fingerprint density at radius 1 is 1.10 bits per heavy atom. The van der Waals surface area contributed by atoms with Crippen LogP contribution in [-0.2, 0) is 6.54 Å². The van der Waals surface area contributed by atoms with Gasteiger partial charge in [-0.1, -0.05) is 24.3 Å². The Kier molecular flexibility index (Phi) is 6.29. The number of carbonyl (C=O) groups is 1. The lowest BCUT2D eigenvalue weighted by Crippen LogP contribution is -2.31. The third-order valence-corrected chi connectivity index (χ3v) is 4.30. The Morgan fingerprint density at radius 2 is 1.86 bits per heavy atom. The number of carbonyl (C=O) groups excluding carboxylic acids is 1. The summed E-state index contributed by atoms with van der Waals surface area (Å²) in [4.78, 5) is 24.9. The van der Waals surface area contributed by atoms with E-state index in [1.807, 2.05) is 43.3 Å². The number of hydrogen-bond acceptors (Lipinski definition) is 5. The van der Waals surface area contributed by atoms with E-state index in [2.05, 4.69) is 10.4 Å². The molecule has 0 fully saturated rings. The molecule has 1 N–H and O–H groups in total. The van der Waals surface area contributed by atoms with E-state index in [0.717, 1.165) is 11.3 Å². The highest BCUT2D eigenvalue weighted by Gasteiger charge is 2.15. The second-order valence-electron chi connectivity index (χ2n) is 6.35. The molecule has 0 aliphatic carbocycles. The van der Waals surface area contributed by atoms with Gasteiger partial charge in [-0.15, -0.1) is 0 Å². The minimum Gasteiger partial charge on any atom is -0.493 e. The van der Waals surface area contributed by atoms with Crippen molar-refractivity contribution < 1.29 is 14.3 Å². The molecule has 0 unspecified atom stereocenters. The van der Waals surface area contributed by atoms with Crippen LogP contribution in [0.2, 0.25) is 0 Å². The van der Waals surface area contributed by atoms with E-state index in [0.29, 0.717) is 23.8 Å². The first-order chi connectivity index (χ1) is 14.0. The van der Waals surface area contributed by atoms with Crippen molar-refractivity contribution in [3.63, 3.8) is 0 Å². The molecule has 150 valence electrons. The van der Waals surface area contributed by atoms with Gasteiger partial charge in [-0.25, -0.2) is 4.68 Å². The Morgan fingerprint density at radius 3 is 2.55 bits per heavy atom. The molecule has 7 heteroatoms. The summed E-state index contributed by atoms with van der Waals surface area (Å²) in [7, 11) is 1.56. The normalized spacial score (nSPS) is 10.4. The highest BCUT2D eigenvalue weighted by molar-refractivity contribution is 5.92. The standard InChI is InChI=1S/C22H23N3O4/c1-4-29-19-11-10-16(13-20(19)28-3)14-23-22(27)21-18(26)12-15(2)25(24-21)17-8-6-5-7-9-17/h5-13H,4,14H2,1-3H3,(H,23,27). The maximum atomic E-state index is 12.6. The van der Waals surface area contributed by atoms with E-state index in [1.54, 1.807) is 30.8 Å². The van der Waals surface area contributed by atoms with Crippen LogP contribution in [0.5, 0.6) is 11.5 Å². The second-order valence-corrected chi connectivity index (χ2v) is 6.35. The van der Waals surface area contributed by atoms with E-state index in [4.69, 9.17) is 9.47 Å². The number of nitrogens with zero attached hydrogens (tertiary/aromatic N) is 2. The third-order valence-electron chi connectivity index (χ3n) is 4.30. The molecule has 1 aromatic heterocycles. The molecule has 7 nitrogen and oxygen atoms in total. The smallest absolute Gasteiger partial charge is 0.276 e.